The van der Waals surface area contributed by atoms with Gasteiger partial charge in [0.1, 0.15) is 5.78 Å². The first-order chi connectivity index (χ1) is 5.75. The normalized spacial score (nSPS) is 37.8. The predicted molar refractivity (Wildman–Crippen MR) is 41.3 cm³/mol. The van der Waals surface area contributed by atoms with Gasteiger partial charge in [-0.3, -0.25) is 9.59 Å². The summed E-state index contributed by atoms with van der Waals surface area (Å²) in [6.45, 7) is 2.21. The van der Waals surface area contributed by atoms with Crippen LogP contribution in [0, 0.1) is 17.8 Å². The predicted octanol–water partition coefficient (Wildman–Crippen LogP) is 0.775. The van der Waals surface area contributed by atoms with Crippen molar-refractivity contribution in [2.45, 2.75) is 19.8 Å². The van der Waals surface area contributed by atoms with Crippen molar-refractivity contribution in [2.75, 3.05) is 6.61 Å². The van der Waals surface area contributed by atoms with Crippen molar-refractivity contribution in [1.29, 1.82) is 0 Å². The monoisotopic (exact) mass is 168 g/mol. The summed E-state index contributed by atoms with van der Waals surface area (Å²) in [6.07, 6.45) is 1.57. The molecule has 0 N–H and O–H groups in total. The molecule has 3 heteroatoms. The summed E-state index contributed by atoms with van der Waals surface area (Å²) in [4.78, 5) is 22.3. The molecule has 12 heavy (non-hydrogen) atoms. The van der Waals surface area contributed by atoms with E-state index in [9.17, 15) is 9.59 Å². The van der Waals surface area contributed by atoms with Gasteiger partial charge in [-0.2, -0.15) is 0 Å². The fourth-order valence-electron chi connectivity index (χ4n) is 2.21. The Hall–Kier alpha value is -0.860. The van der Waals surface area contributed by atoms with Crippen molar-refractivity contribution in [3.05, 3.63) is 0 Å². The van der Waals surface area contributed by atoms with Gasteiger partial charge in [0.2, 0.25) is 0 Å². The van der Waals surface area contributed by atoms with Gasteiger partial charge in [-0.05, 0) is 19.3 Å². The van der Waals surface area contributed by atoms with Crippen LogP contribution in [-0.4, -0.2) is 18.4 Å². The van der Waals surface area contributed by atoms with E-state index in [1.807, 2.05) is 0 Å². The highest BCUT2D eigenvalue weighted by Gasteiger charge is 2.62. The Bertz CT molecular complexity index is 234. The van der Waals surface area contributed by atoms with Crippen molar-refractivity contribution >= 4 is 11.8 Å². The summed E-state index contributed by atoms with van der Waals surface area (Å²) < 4.78 is 4.86. The van der Waals surface area contributed by atoms with Gasteiger partial charge in [0.05, 0.1) is 12.5 Å². The Morgan fingerprint density at radius 2 is 2.42 bits per heavy atom. The first-order valence-corrected chi connectivity index (χ1v) is 4.45. The molecule has 2 fully saturated rings. The molecular weight excluding hydrogens is 156 g/mol. The third-order valence-corrected chi connectivity index (χ3v) is 2.82. The Balaban J connectivity index is 1.94. The zero-order chi connectivity index (χ0) is 8.72. The lowest BCUT2D eigenvalue weighted by Crippen LogP contribution is -2.12. The van der Waals surface area contributed by atoms with E-state index in [0.29, 0.717) is 18.9 Å². The average Bonchev–Trinajstić information content (AvgIpc) is 2.65. The minimum Gasteiger partial charge on any atom is -0.466 e. The quantitative estimate of drug-likeness (QED) is 0.572. The second kappa shape index (κ2) is 2.57. The maximum absolute atomic E-state index is 11.2. The molecule has 2 saturated carbocycles. The lowest BCUT2D eigenvalue weighted by Gasteiger charge is -2.01. The standard InChI is InChI=1S/C9H12O3/c1-2-12-9(11)8-5-3-4-6(10)7(5)8/h5,7-8H,2-4H2,1H3/t5-,7+,8+/m0/s1. The summed E-state index contributed by atoms with van der Waals surface area (Å²) in [5, 5.41) is 0. The van der Waals surface area contributed by atoms with Crippen LogP contribution in [0.15, 0.2) is 0 Å². The zero-order valence-corrected chi connectivity index (χ0v) is 7.08. The van der Waals surface area contributed by atoms with Gasteiger partial charge in [-0.1, -0.05) is 0 Å². The highest BCUT2D eigenvalue weighted by Crippen LogP contribution is 2.55. The number of esters is 1. The van der Waals surface area contributed by atoms with E-state index >= 15 is 0 Å². The van der Waals surface area contributed by atoms with Gasteiger partial charge >= 0.3 is 5.97 Å². The van der Waals surface area contributed by atoms with E-state index < -0.39 is 0 Å². The van der Waals surface area contributed by atoms with E-state index in [2.05, 4.69) is 0 Å². The first-order valence-electron chi connectivity index (χ1n) is 4.45. The van der Waals surface area contributed by atoms with Gasteiger partial charge in [-0.15, -0.1) is 0 Å². The lowest BCUT2D eigenvalue weighted by atomic mass is 10.1. The van der Waals surface area contributed by atoms with Gasteiger partial charge in [0.15, 0.2) is 0 Å². The van der Waals surface area contributed by atoms with Crippen molar-refractivity contribution < 1.29 is 14.3 Å². The molecule has 0 aromatic carbocycles. The van der Waals surface area contributed by atoms with Crippen LogP contribution >= 0.6 is 0 Å². The Kier molecular flexibility index (Phi) is 1.67. The molecule has 0 aromatic rings. The third kappa shape index (κ3) is 0.958. The number of carbonyl (C=O) groups is 2. The molecule has 0 spiro atoms. The number of Topliss-reactive ketones (excluding diaryl/α,β-unsaturated/α-hetero) is 1. The van der Waals surface area contributed by atoms with E-state index in [0.717, 1.165) is 6.42 Å². The van der Waals surface area contributed by atoms with Crippen LogP contribution in [0.3, 0.4) is 0 Å². The Labute approximate surface area is 71.1 Å². The van der Waals surface area contributed by atoms with Gasteiger partial charge in [0, 0.05) is 12.3 Å². The van der Waals surface area contributed by atoms with Crippen molar-refractivity contribution in [2.24, 2.45) is 17.8 Å². The minimum atomic E-state index is -0.166. The number of hydrogen-bond donors (Lipinski definition) is 0. The molecule has 3 nitrogen and oxygen atoms in total. The second-order valence-corrected chi connectivity index (χ2v) is 3.47. The molecule has 2 rings (SSSR count). The topological polar surface area (TPSA) is 43.4 Å². The zero-order valence-electron chi connectivity index (χ0n) is 7.08. The molecule has 0 amide bonds. The van der Waals surface area contributed by atoms with Crippen molar-refractivity contribution in [1.82, 2.24) is 0 Å². The summed E-state index contributed by atoms with van der Waals surface area (Å²) in [7, 11) is 0. The number of rotatable bonds is 2. The molecule has 2 aliphatic carbocycles. The molecule has 3 atom stereocenters. The molecule has 0 heterocycles. The van der Waals surface area contributed by atoms with E-state index in [4.69, 9.17) is 4.74 Å². The lowest BCUT2D eigenvalue weighted by molar-refractivity contribution is -0.146. The van der Waals surface area contributed by atoms with Crippen molar-refractivity contribution in [3.8, 4) is 0 Å². The number of fused-ring (bicyclic) bond motifs is 1. The fourth-order valence-corrected chi connectivity index (χ4v) is 2.21. The number of hydrogen-bond acceptors (Lipinski definition) is 3. The second-order valence-electron chi connectivity index (χ2n) is 3.47. The van der Waals surface area contributed by atoms with E-state index in [-0.39, 0.29) is 23.6 Å². The molecule has 0 radical (unpaired) electrons. The van der Waals surface area contributed by atoms with Crippen LogP contribution in [0.4, 0.5) is 0 Å². The molecule has 66 valence electrons. The number of carbonyl (C=O) groups excluding carboxylic acids is 2. The van der Waals surface area contributed by atoms with E-state index in [1.54, 1.807) is 6.92 Å². The van der Waals surface area contributed by atoms with Crippen molar-refractivity contribution in [3.63, 3.8) is 0 Å². The maximum Gasteiger partial charge on any atom is 0.309 e. The largest absolute Gasteiger partial charge is 0.466 e. The summed E-state index contributed by atoms with van der Waals surface area (Å²) in [6, 6.07) is 0. The smallest absolute Gasteiger partial charge is 0.309 e. The van der Waals surface area contributed by atoms with Crippen LogP contribution in [0.25, 0.3) is 0 Å². The Morgan fingerprint density at radius 3 is 2.92 bits per heavy atom. The van der Waals surface area contributed by atoms with E-state index in [1.165, 1.54) is 0 Å². The summed E-state index contributed by atoms with van der Waals surface area (Å²) in [5.41, 5.74) is 0. The molecular formula is C9H12O3. The molecule has 2 aliphatic rings. The third-order valence-electron chi connectivity index (χ3n) is 2.82. The minimum absolute atomic E-state index is 0.0315. The molecule has 0 saturated heterocycles. The van der Waals surface area contributed by atoms with Gasteiger partial charge < -0.3 is 4.74 Å². The summed E-state index contributed by atoms with van der Waals surface area (Å²) in [5.74, 6) is 0.380. The van der Waals surface area contributed by atoms with Crippen LogP contribution in [0.2, 0.25) is 0 Å². The average molecular weight is 168 g/mol. The van der Waals surface area contributed by atoms with Gasteiger partial charge in [0.25, 0.3) is 0 Å². The Morgan fingerprint density at radius 1 is 1.67 bits per heavy atom. The molecule has 0 unspecified atom stereocenters. The highest BCUT2D eigenvalue weighted by atomic mass is 16.5. The molecule has 0 aromatic heterocycles. The first kappa shape index (κ1) is 7.77. The SMILES string of the molecule is CCOC(=O)[C@@H]1[C@H]2CCC(=O)[C@@H]21. The number of ketones is 1. The highest BCUT2D eigenvalue weighted by molar-refractivity contribution is 5.94. The molecule has 0 aliphatic heterocycles. The van der Waals surface area contributed by atoms with Crippen LogP contribution in [0.5, 0.6) is 0 Å². The fraction of sp³-hybridized carbons (Fsp3) is 0.778. The van der Waals surface area contributed by atoms with Crippen LogP contribution in [0.1, 0.15) is 19.8 Å². The number of ether oxygens (including phenoxy) is 1. The van der Waals surface area contributed by atoms with Crippen LogP contribution in [-0.2, 0) is 14.3 Å². The van der Waals surface area contributed by atoms with Crippen LogP contribution < -0.4 is 0 Å². The van der Waals surface area contributed by atoms with Gasteiger partial charge in [-0.25, -0.2) is 0 Å². The maximum atomic E-state index is 11.2. The summed E-state index contributed by atoms with van der Waals surface area (Å²) >= 11 is 0. The molecule has 0 bridgehead atoms.